The predicted octanol–water partition coefficient (Wildman–Crippen LogP) is 3.53. The lowest BCUT2D eigenvalue weighted by Gasteiger charge is -2.05. The van der Waals surface area contributed by atoms with Gasteiger partial charge in [-0.15, -0.1) is 0 Å². The van der Waals surface area contributed by atoms with E-state index in [0.717, 1.165) is 6.07 Å². The van der Waals surface area contributed by atoms with Crippen LogP contribution in [-0.4, -0.2) is 6.61 Å². The second kappa shape index (κ2) is 3.97. The van der Waals surface area contributed by atoms with Gasteiger partial charge in [-0.1, -0.05) is 23.2 Å². The lowest BCUT2D eigenvalue weighted by Crippen LogP contribution is -1.94. The summed E-state index contributed by atoms with van der Waals surface area (Å²) in [5, 5.41) is 0.485. The Morgan fingerprint density at radius 1 is 1.33 bits per heavy atom. The van der Waals surface area contributed by atoms with Crippen molar-refractivity contribution in [3.63, 3.8) is 0 Å². The highest BCUT2D eigenvalue weighted by Crippen LogP contribution is 2.29. The molecule has 0 aromatic heterocycles. The van der Waals surface area contributed by atoms with Gasteiger partial charge in [0.2, 0.25) is 0 Å². The van der Waals surface area contributed by atoms with Crippen molar-refractivity contribution in [2.75, 3.05) is 6.61 Å². The van der Waals surface area contributed by atoms with Crippen molar-refractivity contribution < 1.29 is 9.13 Å². The molecule has 0 saturated carbocycles. The summed E-state index contributed by atoms with van der Waals surface area (Å²) >= 11 is 11.2. The zero-order chi connectivity index (χ0) is 9.14. The quantitative estimate of drug-likeness (QED) is 0.677. The van der Waals surface area contributed by atoms with Crippen molar-refractivity contribution in [1.29, 1.82) is 0 Å². The summed E-state index contributed by atoms with van der Waals surface area (Å²) in [6.07, 6.45) is 0. The minimum absolute atomic E-state index is 0.131. The van der Waals surface area contributed by atoms with Gasteiger partial charge in [0.25, 0.3) is 0 Å². The highest BCUT2D eigenvalue weighted by Gasteiger charge is 2.07. The molecule has 0 aliphatic carbocycles. The molecule has 0 atom stereocenters. The maximum atomic E-state index is 12.9. The van der Waals surface area contributed by atoms with E-state index in [1.807, 2.05) is 0 Å². The van der Waals surface area contributed by atoms with Crippen LogP contribution in [0.25, 0.3) is 0 Å². The Balaban J connectivity index is 3.05. The molecule has 0 unspecified atom stereocenters. The summed E-state index contributed by atoms with van der Waals surface area (Å²) in [5.74, 6) is -0.363. The molecule has 0 aliphatic rings. The third-order valence-electron chi connectivity index (χ3n) is 1.27. The fourth-order valence-corrected chi connectivity index (χ4v) is 1.07. The summed E-state index contributed by atoms with van der Waals surface area (Å²) in [6.45, 7) is 2.16. The van der Waals surface area contributed by atoms with Gasteiger partial charge in [-0.2, -0.15) is 0 Å². The Morgan fingerprint density at radius 2 is 1.92 bits per heavy atom. The summed E-state index contributed by atoms with van der Waals surface area (Å²) in [4.78, 5) is 0. The maximum absolute atomic E-state index is 12.9. The van der Waals surface area contributed by atoms with Crippen LogP contribution in [0.3, 0.4) is 0 Å². The maximum Gasteiger partial charge on any atom is 0.166 e. The SMILES string of the molecule is CCOc1cc(Cl)c(Cl)cc1F. The predicted molar refractivity (Wildman–Crippen MR) is 47.6 cm³/mol. The van der Waals surface area contributed by atoms with Crippen LogP contribution in [0.15, 0.2) is 12.1 Å². The fourth-order valence-electron chi connectivity index (χ4n) is 0.770. The first-order chi connectivity index (χ1) is 5.65. The van der Waals surface area contributed by atoms with Crippen LogP contribution >= 0.6 is 23.2 Å². The Hall–Kier alpha value is -0.470. The normalized spacial score (nSPS) is 10.0. The fraction of sp³-hybridized carbons (Fsp3) is 0.250. The molecule has 0 saturated heterocycles. The molecule has 12 heavy (non-hydrogen) atoms. The standard InChI is InChI=1S/C8H7Cl2FO/c1-2-12-8-4-6(10)5(9)3-7(8)11/h3-4H,2H2,1H3. The zero-order valence-electron chi connectivity index (χ0n) is 6.40. The van der Waals surface area contributed by atoms with Crippen molar-refractivity contribution in [1.82, 2.24) is 0 Å². The first-order valence-electron chi connectivity index (χ1n) is 3.42. The van der Waals surface area contributed by atoms with Crippen LogP contribution in [0.5, 0.6) is 5.75 Å². The molecule has 66 valence electrons. The smallest absolute Gasteiger partial charge is 0.166 e. The third kappa shape index (κ3) is 2.02. The van der Waals surface area contributed by atoms with Crippen LogP contribution in [0.4, 0.5) is 4.39 Å². The van der Waals surface area contributed by atoms with Crippen LogP contribution < -0.4 is 4.74 Å². The molecular formula is C8H7Cl2FO. The molecule has 1 aromatic rings. The minimum Gasteiger partial charge on any atom is -0.491 e. The van der Waals surface area contributed by atoms with E-state index in [2.05, 4.69) is 0 Å². The molecule has 0 aliphatic heterocycles. The lowest BCUT2D eigenvalue weighted by atomic mass is 10.3. The second-order valence-electron chi connectivity index (χ2n) is 2.13. The largest absolute Gasteiger partial charge is 0.491 e. The van der Waals surface area contributed by atoms with E-state index in [1.165, 1.54) is 6.07 Å². The molecule has 0 radical (unpaired) electrons. The van der Waals surface area contributed by atoms with Crippen LogP contribution in [-0.2, 0) is 0 Å². The monoisotopic (exact) mass is 208 g/mol. The number of hydrogen-bond donors (Lipinski definition) is 0. The van der Waals surface area contributed by atoms with E-state index >= 15 is 0 Å². The van der Waals surface area contributed by atoms with Gasteiger partial charge in [-0.05, 0) is 13.0 Å². The molecule has 0 amide bonds. The van der Waals surface area contributed by atoms with Crippen molar-refractivity contribution in [2.24, 2.45) is 0 Å². The highest BCUT2D eigenvalue weighted by molar-refractivity contribution is 6.42. The lowest BCUT2D eigenvalue weighted by molar-refractivity contribution is 0.321. The van der Waals surface area contributed by atoms with Gasteiger partial charge in [-0.25, -0.2) is 4.39 Å². The van der Waals surface area contributed by atoms with Gasteiger partial charge in [0.15, 0.2) is 11.6 Å². The van der Waals surface area contributed by atoms with E-state index in [-0.39, 0.29) is 10.8 Å². The summed E-state index contributed by atoms with van der Waals surface area (Å²) in [7, 11) is 0. The van der Waals surface area contributed by atoms with Gasteiger partial charge >= 0.3 is 0 Å². The molecule has 0 heterocycles. The third-order valence-corrected chi connectivity index (χ3v) is 2.00. The van der Waals surface area contributed by atoms with E-state index in [9.17, 15) is 4.39 Å². The molecule has 1 aromatic carbocycles. The van der Waals surface area contributed by atoms with Gasteiger partial charge in [-0.3, -0.25) is 0 Å². The Morgan fingerprint density at radius 3 is 2.50 bits per heavy atom. The van der Waals surface area contributed by atoms with E-state index < -0.39 is 5.82 Å². The molecule has 1 rings (SSSR count). The Labute approximate surface area is 80.0 Å². The first-order valence-corrected chi connectivity index (χ1v) is 4.18. The molecule has 0 spiro atoms. The molecular weight excluding hydrogens is 202 g/mol. The average Bonchev–Trinajstić information content (AvgIpc) is 2.01. The van der Waals surface area contributed by atoms with Crippen LogP contribution in [0.2, 0.25) is 10.0 Å². The van der Waals surface area contributed by atoms with Crippen molar-refractivity contribution in [3.8, 4) is 5.75 Å². The van der Waals surface area contributed by atoms with Gasteiger partial charge in [0, 0.05) is 6.07 Å². The van der Waals surface area contributed by atoms with Gasteiger partial charge in [0.1, 0.15) is 0 Å². The summed E-state index contributed by atoms with van der Waals surface area (Å²) in [5.41, 5.74) is 0. The summed E-state index contributed by atoms with van der Waals surface area (Å²) in [6, 6.07) is 2.50. The van der Waals surface area contributed by atoms with Gasteiger partial charge in [0.05, 0.1) is 16.7 Å². The number of hydrogen-bond acceptors (Lipinski definition) is 1. The van der Waals surface area contributed by atoms with Gasteiger partial charge < -0.3 is 4.74 Å². The van der Waals surface area contributed by atoms with Crippen molar-refractivity contribution in [3.05, 3.63) is 28.0 Å². The Kier molecular flexibility index (Phi) is 3.18. The average molecular weight is 209 g/mol. The topological polar surface area (TPSA) is 9.23 Å². The van der Waals surface area contributed by atoms with Crippen molar-refractivity contribution in [2.45, 2.75) is 6.92 Å². The van der Waals surface area contributed by atoms with E-state index in [4.69, 9.17) is 27.9 Å². The van der Waals surface area contributed by atoms with Crippen LogP contribution in [0, 0.1) is 5.82 Å². The highest BCUT2D eigenvalue weighted by atomic mass is 35.5. The van der Waals surface area contributed by atoms with Crippen LogP contribution in [0.1, 0.15) is 6.92 Å². The first kappa shape index (κ1) is 9.62. The van der Waals surface area contributed by atoms with Crippen molar-refractivity contribution >= 4 is 23.2 Å². The zero-order valence-corrected chi connectivity index (χ0v) is 7.92. The van der Waals surface area contributed by atoms with E-state index in [1.54, 1.807) is 6.92 Å². The minimum atomic E-state index is -0.494. The number of ether oxygens (including phenoxy) is 1. The molecule has 0 N–H and O–H groups in total. The molecule has 0 fully saturated rings. The summed E-state index contributed by atoms with van der Waals surface area (Å²) < 4.78 is 17.9. The molecule has 1 nitrogen and oxygen atoms in total. The Bertz CT molecular complexity index is 289. The van der Waals surface area contributed by atoms with E-state index in [0.29, 0.717) is 11.6 Å². The second-order valence-corrected chi connectivity index (χ2v) is 2.94. The number of rotatable bonds is 2. The number of benzene rings is 1. The molecule has 0 bridgehead atoms. The number of halogens is 3. The molecule has 4 heteroatoms.